The molecule has 5 nitrogen and oxygen atoms in total. The van der Waals surface area contributed by atoms with Crippen LogP contribution in [0.2, 0.25) is 0 Å². The van der Waals surface area contributed by atoms with E-state index in [1.165, 1.54) is 25.7 Å². The molecule has 1 aromatic rings. The van der Waals surface area contributed by atoms with E-state index in [0.29, 0.717) is 0 Å². The Kier molecular flexibility index (Phi) is 3.88. The van der Waals surface area contributed by atoms with Crippen LogP contribution in [0.15, 0.2) is 0 Å². The van der Waals surface area contributed by atoms with Gasteiger partial charge < -0.3 is 5.32 Å². The van der Waals surface area contributed by atoms with Crippen LogP contribution in [0.4, 0.5) is 0 Å². The average Bonchev–Trinajstić information content (AvgIpc) is 2.66. The lowest BCUT2D eigenvalue weighted by Crippen LogP contribution is -2.22. The van der Waals surface area contributed by atoms with Crippen LogP contribution >= 0.6 is 0 Å². The second-order valence-electron chi connectivity index (χ2n) is 4.95. The first-order valence-electron chi connectivity index (χ1n) is 6.19. The molecular weight excluding hydrogens is 202 g/mol. The molecule has 90 valence electrons. The number of rotatable bonds is 4. The molecular formula is C11H21N5. The summed E-state index contributed by atoms with van der Waals surface area (Å²) in [7, 11) is 1.92. The summed E-state index contributed by atoms with van der Waals surface area (Å²) in [5.74, 6) is 2.56. The summed E-state index contributed by atoms with van der Waals surface area (Å²) in [4.78, 5) is 0. The van der Waals surface area contributed by atoms with Crippen LogP contribution in [-0.2, 0) is 13.1 Å². The van der Waals surface area contributed by atoms with E-state index in [9.17, 15) is 0 Å². The van der Waals surface area contributed by atoms with E-state index in [4.69, 9.17) is 0 Å². The quantitative estimate of drug-likeness (QED) is 0.834. The third-order valence-electron chi connectivity index (χ3n) is 3.42. The Hall–Kier alpha value is -0.970. The highest BCUT2D eigenvalue weighted by Gasteiger charge is 2.20. The summed E-state index contributed by atoms with van der Waals surface area (Å²) in [5.41, 5.74) is 0. The van der Waals surface area contributed by atoms with Gasteiger partial charge in [-0.05, 0) is 42.2 Å². The first-order valence-corrected chi connectivity index (χ1v) is 6.19. The molecule has 5 heteroatoms. The first-order chi connectivity index (χ1) is 7.79. The van der Waals surface area contributed by atoms with Gasteiger partial charge in [0.05, 0.1) is 6.54 Å². The zero-order valence-corrected chi connectivity index (χ0v) is 10.2. The number of nitrogens with zero attached hydrogens (tertiary/aromatic N) is 4. The van der Waals surface area contributed by atoms with E-state index in [-0.39, 0.29) is 0 Å². The normalized spacial score (nSPS) is 25.9. The van der Waals surface area contributed by atoms with Crippen molar-refractivity contribution in [1.29, 1.82) is 0 Å². The number of hydrogen-bond donors (Lipinski definition) is 1. The highest BCUT2D eigenvalue weighted by Crippen LogP contribution is 2.29. The van der Waals surface area contributed by atoms with Gasteiger partial charge in [-0.1, -0.05) is 19.8 Å². The Bertz CT molecular complexity index is 322. The van der Waals surface area contributed by atoms with Crippen LogP contribution in [0.5, 0.6) is 0 Å². The Morgan fingerprint density at radius 3 is 3.06 bits per heavy atom. The number of aromatic nitrogens is 4. The maximum absolute atomic E-state index is 4.07. The summed E-state index contributed by atoms with van der Waals surface area (Å²) >= 11 is 0. The number of hydrogen-bond acceptors (Lipinski definition) is 4. The molecule has 1 saturated carbocycles. The fraction of sp³-hybridized carbons (Fsp3) is 0.909. The minimum atomic E-state index is 0.745. The molecule has 1 aromatic heterocycles. The Labute approximate surface area is 96.6 Å². The van der Waals surface area contributed by atoms with Gasteiger partial charge in [0.2, 0.25) is 0 Å². The molecule has 0 aliphatic heterocycles. The zero-order valence-electron chi connectivity index (χ0n) is 10.2. The first kappa shape index (κ1) is 11.5. The zero-order chi connectivity index (χ0) is 11.4. The van der Waals surface area contributed by atoms with Gasteiger partial charge in [-0.15, -0.1) is 5.10 Å². The third kappa shape index (κ3) is 2.78. The molecule has 0 radical (unpaired) electrons. The minimum Gasteiger partial charge on any atom is -0.313 e. The van der Waals surface area contributed by atoms with Gasteiger partial charge >= 0.3 is 0 Å². The van der Waals surface area contributed by atoms with Gasteiger partial charge in [-0.2, -0.15) is 0 Å². The van der Waals surface area contributed by atoms with Gasteiger partial charge in [0.25, 0.3) is 0 Å². The van der Waals surface area contributed by atoms with Crippen molar-refractivity contribution in [3.8, 4) is 0 Å². The monoisotopic (exact) mass is 223 g/mol. The van der Waals surface area contributed by atoms with Crippen molar-refractivity contribution in [1.82, 2.24) is 25.5 Å². The van der Waals surface area contributed by atoms with Crippen molar-refractivity contribution in [3.05, 3.63) is 5.82 Å². The number of nitrogens with one attached hydrogen (secondary N) is 1. The van der Waals surface area contributed by atoms with Crippen molar-refractivity contribution in [2.24, 2.45) is 11.8 Å². The molecule has 1 fully saturated rings. The molecule has 1 heterocycles. The fourth-order valence-corrected chi connectivity index (χ4v) is 2.62. The van der Waals surface area contributed by atoms with E-state index >= 15 is 0 Å². The van der Waals surface area contributed by atoms with E-state index in [1.807, 2.05) is 11.7 Å². The van der Waals surface area contributed by atoms with Gasteiger partial charge in [0.15, 0.2) is 5.82 Å². The van der Waals surface area contributed by atoms with Crippen molar-refractivity contribution >= 4 is 0 Å². The van der Waals surface area contributed by atoms with Gasteiger partial charge in [0.1, 0.15) is 0 Å². The highest BCUT2D eigenvalue weighted by molar-refractivity contribution is 4.81. The molecule has 0 saturated heterocycles. The van der Waals surface area contributed by atoms with Crippen molar-refractivity contribution in [2.75, 3.05) is 7.05 Å². The van der Waals surface area contributed by atoms with Gasteiger partial charge in [-0.25, -0.2) is 4.68 Å². The lowest BCUT2D eigenvalue weighted by atomic mass is 9.82. The Morgan fingerprint density at radius 2 is 2.31 bits per heavy atom. The molecule has 2 unspecified atom stereocenters. The minimum absolute atomic E-state index is 0.745. The predicted octanol–water partition coefficient (Wildman–Crippen LogP) is 1.22. The standard InChI is InChI=1S/C11H21N5/c1-9-4-3-5-10(6-9)8-16-11(7-12-2)13-14-15-16/h9-10,12H,3-8H2,1-2H3. The van der Waals surface area contributed by atoms with Crippen molar-refractivity contribution in [3.63, 3.8) is 0 Å². The number of tetrazole rings is 1. The summed E-state index contributed by atoms with van der Waals surface area (Å²) in [6, 6.07) is 0. The average molecular weight is 223 g/mol. The largest absolute Gasteiger partial charge is 0.313 e. The van der Waals surface area contributed by atoms with Crippen LogP contribution in [-0.4, -0.2) is 27.3 Å². The molecule has 0 amide bonds. The molecule has 16 heavy (non-hydrogen) atoms. The molecule has 2 rings (SSSR count). The molecule has 1 N–H and O–H groups in total. The molecule has 1 aliphatic rings. The topological polar surface area (TPSA) is 55.6 Å². The lowest BCUT2D eigenvalue weighted by molar-refractivity contribution is 0.246. The maximum Gasteiger partial charge on any atom is 0.165 e. The highest BCUT2D eigenvalue weighted by atomic mass is 15.5. The summed E-state index contributed by atoms with van der Waals surface area (Å²) in [5, 5.41) is 14.9. The van der Waals surface area contributed by atoms with Crippen LogP contribution in [0, 0.1) is 11.8 Å². The van der Waals surface area contributed by atoms with Crippen LogP contribution in [0.3, 0.4) is 0 Å². The second kappa shape index (κ2) is 5.39. The smallest absolute Gasteiger partial charge is 0.165 e. The summed E-state index contributed by atoms with van der Waals surface area (Å²) in [6.07, 6.45) is 5.38. The van der Waals surface area contributed by atoms with E-state index < -0.39 is 0 Å². The maximum atomic E-state index is 4.07. The lowest BCUT2D eigenvalue weighted by Gasteiger charge is -2.26. The van der Waals surface area contributed by atoms with E-state index in [1.54, 1.807) is 0 Å². The fourth-order valence-electron chi connectivity index (χ4n) is 2.62. The van der Waals surface area contributed by atoms with Crippen molar-refractivity contribution in [2.45, 2.75) is 45.7 Å². The molecule has 2 atom stereocenters. The predicted molar refractivity (Wildman–Crippen MR) is 61.7 cm³/mol. The van der Waals surface area contributed by atoms with Crippen LogP contribution < -0.4 is 5.32 Å². The molecule has 0 spiro atoms. The molecule has 0 bridgehead atoms. The Morgan fingerprint density at radius 1 is 1.44 bits per heavy atom. The SMILES string of the molecule is CNCc1nnnn1CC1CCCC(C)C1. The molecule has 0 aromatic carbocycles. The van der Waals surface area contributed by atoms with Gasteiger partial charge in [-0.3, -0.25) is 0 Å². The van der Waals surface area contributed by atoms with Crippen LogP contribution in [0.1, 0.15) is 38.4 Å². The second-order valence-corrected chi connectivity index (χ2v) is 4.95. The van der Waals surface area contributed by atoms with E-state index in [2.05, 4.69) is 27.8 Å². The summed E-state index contributed by atoms with van der Waals surface area (Å²) < 4.78 is 1.96. The Balaban J connectivity index is 1.94. The summed E-state index contributed by atoms with van der Waals surface area (Å²) in [6.45, 7) is 4.07. The van der Waals surface area contributed by atoms with Crippen molar-refractivity contribution < 1.29 is 0 Å². The molecule has 1 aliphatic carbocycles. The van der Waals surface area contributed by atoms with Gasteiger partial charge in [0, 0.05) is 6.54 Å². The third-order valence-corrected chi connectivity index (χ3v) is 3.42. The van der Waals surface area contributed by atoms with E-state index in [0.717, 1.165) is 30.7 Å². The van der Waals surface area contributed by atoms with Crippen LogP contribution in [0.25, 0.3) is 0 Å².